The molecule has 0 spiro atoms. The third-order valence-electron chi connectivity index (χ3n) is 4.60. The first-order valence-electron chi connectivity index (χ1n) is 8.72. The standard InChI is InChI=1S/C19H23FN4O/c1-14-7-10-24(11-8-14)19-22-12-16(13-23-19)18(25)21-9-6-15-4-2-3-5-17(15)20/h2-5,12-14H,6-11H2,1H3,(H,21,25). The number of hydrogen-bond donors (Lipinski definition) is 1. The Kier molecular flexibility index (Phi) is 5.58. The maximum absolute atomic E-state index is 13.5. The number of piperidine rings is 1. The summed E-state index contributed by atoms with van der Waals surface area (Å²) in [5.41, 5.74) is 1.01. The molecule has 1 saturated heterocycles. The number of benzene rings is 1. The summed E-state index contributed by atoms with van der Waals surface area (Å²) >= 11 is 0. The molecule has 6 heteroatoms. The molecular weight excluding hydrogens is 319 g/mol. The van der Waals surface area contributed by atoms with Crippen molar-refractivity contribution in [2.45, 2.75) is 26.2 Å². The Bertz CT molecular complexity index is 712. The minimum Gasteiger partial charge on any atom is -0.352 e. The van der Waals surface area contributed by atoms with E-state index in [2.05, 4.69) is 27.1 Å². The van der Waals surface area contributed by atoms with E-state index in [-0.39, 0.29) is 11.7 Å². The zero-order valence-electron chi connectivity index (χ0n) is 14.4. The largest absolute Gasteiger partial charge is 0.352 e. The second kappa shape index (κ2) is 8.05. The smallest absolute Gasteiger partial charge is 0.254 e. The Balaban J connectivity index is 1.51. The Morgan fingerprint density at radius 3 is 2.60 bits per heavy atom. The predicted octanol–water partition coefficient (Wildman–Crippen LogP) is 2.82. The van der Waals surface area contributed by atoms with E-state index >= 15 is 0 Å². The van der Waals surface area contributed by atoms with E-state index in [0.29, 0.717) is 30.0 Å². The first-order valence-corrected chi connectivity index (χ1v) is 8.72. The quantitative estimate of drug-likeness (QED) is 0.908. The molecule has 0 radical (unpaired) electrons. The fraction of sp³-hybridized carbons (Fsp3) is 0.421. The van der Waals surface area contributed by atoms with Crippen LogP contribution in [0.3, 0.4) is 0 Å². The van der Waals surface area contributed by atoms with Gasteiger partial charge in [-0.25, -0.2) is 14.4 Å². The van der Waals surface area contributed by atoms with Gasteiger partial charge in [-0.05, 0) is 36.8 Å². The second-order valence-corrected chi connectivity index (χ2v) is 6.54. The van der Waals surface area contributed by atoms with Crippen molar-refractivity contribution in [1.29, 1.82) is 0 Å². The highest BCUT2D eigenvalue weighted by atomic mass is 19.1. The third kappa shape index (κ3) is 4.53. The van der Waals surface area contributed by atoms with Gasteiger partial charge < -0.3 is 10.2 Å². The van der Waals surface area contributed by atoms with E-state index in [9.17, 15) is 9.18 Å². The predicted molar refractivity (Wildman–Crippen MR) is 95.1 cm³/mol. The Morgan fingerprint density at radius 1 is 1.24 bits per heavy atom. The Morgan fingerprint density at radius 2 is 1.92 bits per heavy atom. The lowest BCUT2D eigenvalue weighted by Crippen LogP contribution is -2.34. The minimum atomic E-state index is -0.250. The van der Waals surface area contributed by atoms with Crippen molar-refractivity contribution in [2.24, 2.45) is 5.92 Å². The number of halogens is 1. The number of hydrogen-bond acceptors (Lipinski definition) is 4. The van der Waals surface area contributed by atoms with Crippen LogP contribution < -0.4 is 10.2 Å². The third-order valence-corrected chi connectivity index (χ3v) is 4.60. The molecule has 1 aliphatic heterocycles. The van der Waals surface area contributed by atoms with Crippen LogP contribution in [-0.4, -0.2) is 35.5 Å². The molecule has 132 valence electrons. The summed E-state index contributed by atoms with van der Waals surface area (Å²) < 4.78 is 13.5. The van der Waals surface area contributed by atoms with Crippen LogP contribution in [0.1, 0.15) is 35.7 Å². The molecule has 0 aliphatic carbocycles. The molecule has 1 aliphatic rings. The van der Waals surface area contributed by atoms with E-state index in [0.717, 1.165) is 31.8 Å². The van der Waals surface area contributed by atoms with Crippen molar-refractivity contribution >= 4 is 11.9 Å². The highest BCUT2D eigenvalue weighted by Crippen LogP contribution is 2.19. The van der Waals surface area contributed by atoms with Crippen LogP contribution in [-0.2, 0) is 6.42 Å². The summed E-state index contributed by atoms with van der Waals surface area (Å²) in [6.07, 6.45) is 5.84. The summed E-state index contributed by atoms with van der Waals surface area (Å²) in [5.74, 6) is 0.931. The molecule has 0 bridgehead atoms. The van der Waals surface area contributed by atoms with Crippen LogP contribution in [0, 0.1) is 11.7 Å². The average Bonchev–Trinajstić information content (AvgIpc) is 2.64. The van der Waals surface area contributed by atoms with Crippen molar-refractivity contribution < 1.29 is 9.18 Å². The first kappa shape index (κ1) is 17.3. The van der Waals surface area contributed by atoms with Gasteiger partial charge in [0.2, 0.25) is 5.95 Å². The van der Waals surface area contributed by atoms with E-state index < -0.39 is 0 Å². The van der Waals surface area contributed by atoms with Crippen LogP contribution in [0.2, 0.25) is 0 Å². The summed E-state index contributed by atoms with van der Waals surface area (Å²) in [5, 5.41) is 2.78. The molecule has 5 nitrogen and oxygen atoms in total. The minimum absolute atomic E-state index is 0.241. The summed E-state index contributed by atoms with van der Waals surface area (Å²) in [6, 6.07) is 6.58. The van der Waals surface area contributed by atoms with Crippen molar-refractivity contribution in [1.82, 2.24) is 15.3 Å². The number of aromatic nitrogens is 2. The van der Waals surface area contributed by atoms with Crippen LogP contribution >= 0.6 is 0 Å². The molecule has 0 unspecified atom stereocenters. The van der Waals surface area contributed by atoms with Crippen LogP contribution in [0.5, 0.6) is 0 Å². The fourth-order valence-electron chi connectivity index (χ4n) is 2.92. The van der Waals surface area contributed by atoms with E-state index in [1.807, 2.05) is 0 Å². The van der Waals surface area contributed by atoms with Crippen molar-refractivity contribution in [2.75, 3.05) is 24.5 Å². The van der Waals surface area contributed by atoms with Gasteiger partial charge in [0.15, 0.2) is 0 Å². The lowest BCUT2D eigenvalue weighted by molar-refractivity contribution is 0.0953. The molecule has 0 saturated carbocycles. The highest BCUT2D eigenvalue weighted by Gasteiger charge is 2.18. The maximum atomic E-state index is 13.5. The molecule has 1 amide bonds. The van der Waals surface area contributed by atoms with E-state index in [4.69, 9.17) is 0 Å². The fourth-order valence-corrected chi connectivity index (χ4v) is 2.92. The molecule has 25 heavy (non-hydrogen) atoms. The summed E-state index contributed by atoms with van der Waals surface area (Å²) in [6.45, 7) is 4.53. The van der Waals surface area contributed by atoms with E-state index in [1.165, 1.54) is 6.07 Å². The van der Waals surface area contributed by atoms with Crippen LogP contribution in [0.4, 0.5) is 10.3 Å². The highest BCUT2D eigenvalue weighted by molar-refractivity contribution is 5.93. The molecule has 1 fully saturated rings. The molecule has 3 rings (SSSR count). The van der Waals surface area contributed by atoms with Gasteiger partial charge in [-0.1, -0.05) is 25.1 Å². The van der Waals surface area contributed by atoms with Gasteiger partial charge in [-0.15, -0.1) is 0 Å². The second-order valence-electron chi connectivity index (χ2n) is 6.54. The lowest BCUT2D eigenvalue weighted by atomic mass is 10.00. The molecular formula is C19H23FN4O. The number of rotatable bonds is 5. The van der Waals surface area contributed by atoms with Crippen LogP contribution in [0.15, 0.2) is 36.7 Å². The monoisotopic (exact) mass is 342 g/mol. The summed E-state index contributed by atoms with van der Waals surface area (Å²) in [4.78, 5) is 23.0. The van der Waals surface area contributed by atoms with Gasteiger partial charge in [0.1, 0.15) is 5.82 Å². The maximum Gasteiger partial charge on any atom is 0.254 e. The number of carbonyl (C=O) groups is 1. The SMILES string of the molecule is CC1CCN(c2ncc(C(=O)NCCc3ccccc3F)cn2)CC1. The topological polar surface area (TPSA) is 58.1 Å². The number of nitrogens with zero attached hydrogens (tertiary/aromatic N) is 3. The number of nitrogens with one attached hydrogen (secondary N) is 1. The van der Waals surface area contributed by atoms with Crippen LogP contribution in [0.25, 0.3) is 0 Å². The number of carbonyl (C=O) groups excluding carboxylic acids is 1. The molecule has 2 heterocycles. The number of anilines is 1. The molecule has 1 aromatic carbocycles. The molecule has 1 aromatic heterocycles. The molecule has 1 N–H and O–H groups in total. The number of amides is 1. The zero-order valence-corrected chi connectivity index (χ0v) is 14.4. The van der Waals surface area contributed by atoms with Crippen molar-refractivity contribution in [3.05, 3.63) is 53.6 Å². The average molecular weight is 342 g/mol. The zero-order chi connectivity index (χ0) is 17.6. The van der Waals surface area contributed by atoms with Crippen molar-refractivity contribution in [3.63, 3.8) is 0 Å². The van der Waals surface area contributed by atoms with Gasteiger partial charge in [0.25, 0.3) is 5.91 Å². The Hall–Kier alpha value is -2.50. The lowest BCUT2D eigenvalue weighted by Gasteiger charge is -2.30. The van der Waals surface area contributed by atoms with Gasteiger partial charge in [-0.2, -0.15) is 0 Å². The van der Waals surface area contributed by atoms with Crippen molar-refractivity contribution in [3.8, 4) is 0 Å². The molecule has 2 aromatic rings. The normalized spacial score (nSPS) is 15.2. The molecule has 0 atom stereocenters. The van der Waals surface area contributed by atoms with Gasteiger partial charge >= 0.3 is 0 Å². The van der Waals surface area contributed by atoms with Gasteiger partial charge in [0.05, 0.1) is 5.56 Å². The Labute approximate surface area is 147 Å². The summed E-state index contributed by atoms with van der Waals surface area (Å²) in [7, 11) is 0. The first-order chi connectivity index (χ1) is 12.1. The van der Waals surface area contributed by atoms with E-state index in [1.54, 1.807) is 30.6 Å². The van der Waals surface area contributed by atoms with Gasteiger partial charge in [0, 0.05) is 32.0 Å². The van der Waals surface area contributed by atoms with Gasteiger partial charge in [-0.3, -0.25) is 4.79 Å².